The molecule has 0 aromatic carbocycles. The molecule has 0 spiro atoms. The average molecular weight is 389 g/mol. The van der Waals surface area contributed by atoms with Gasteiger partial charge < -0.3 is 14.2 Å². The highest BCUT2D eigenvalue weighted by Gasteiger charge is 2.52. The molecule has 2 aliphatic heterocycles. The number of amides is 1. The Morgan fingerprint density at radius 3 is 2.42 bits per heavy atom. The lowest BCUT2D eigenvalue weighted by molar-refractivity contribution is -0.183. The predicted molar refractivity (Wildman–Crippen MR) is 94.8 cm³/mol. The van der Waals surface area contributed by atoms with Crippen molar-refractivity contribution in [1.82, 2.24) is 4.90 Å². The van der Waals surface area contributed by atoms with Crippen LogP contribution in [-0.4, -0.2) is 47.9 Å². The van der Waals surface area contributed by atoms with Gasteiger partial charge in [-0.3, -0.25) is 4.79 Å². The van der Waals surface area contributed by atoms with Gasteiger partial charge in [0.05, 0.1) is 16.1 Å². The summed E-state index contributed by atoms with van der Waals surface area (Å²) >= 11 is 1.13. The van der Waals surface area contributed by atoms with Crippen LogP contribution in [-0.2, 0) is 9.31 Å². The molecule has 144 valence electrons. The van der Waals surface area contributed by atoms with Crippen molar-refractivity contribution in [3.05, 3.63) is 16.3 Å². The molecule has 0 bridgehead atoms. The third-order valence-corrected chi connectivity index (χ3v) is 6.43. The summed E-state index contributed by atoms with van der Waals surface area (Å²) in [5, 5.41) is 1.72. The molecule has 1 aromatic rings. The molecule has 3 rings (SSSR count). The van der Waals surface area contributed by atoms with Crippen molar-refractivity contribution in [2.75, 3.05) is 6.54 Å². The van der Waals surface area contributed by atoms with E-state index in [0.717, 1.165) is 16.2 Å². The molecule has 2 fully saturated rings. The number of hydrogen-bond donors (Lipinski definition) is 0. The Morgan fingerprint density at radius 1 is 1.23 bits per heavy atom. The summed E-state index contributed by atoms with van der Waals surface area (Å²) in [6.45, 7) is 7.83. The molecule has 4 nitrogen and oxygen atoms in total. The molecule has 0 saturated carbocycles. The van der Waals surface area contributed by atoms with E-state index in [9.17, 15) is 18.0 Å². The molecule has 1 aromatic heterocycles. The van der Waals surface area contributed by atoms with Gasteiger partial charge in [-0.15, -0.1) is 11.3 Å². The maximum absolute atomic E-state index is 13.3. The van der Waals surface area contributed by atoms with Crippen molar-refractivity contribution < 1.29 is 27.3 Å². The first-order chi connectivity index (χ1) is 11.9. The van der Waals surface area contributed by atoms with Crippen molar-refractivity contribution in [3.63, 3.8) is 0 Å². The lowest BCUT2D eigenvalue weighted by Gasteiger charge is -2.36. The number of piperidine rings is 1. The number of carbonyl (C=O) groups excluding carboxylic acids is 1. The van der Waals surface area contributed by atoms with Crippen LogP contribution in [0, 0.1) is 0 Å². The molecule has 0 radical (unpaired) electrons. The van der Waals surface area contributed by atoms with Gasteiger partial charge in [-0.2, -0.15) is 13.2 Å². The van der Waals surface area contributed by atoms with E-state index in [4.69, 9.17) is 9.31 Å². The zero-order chi connectivity index (χ0) is 19.3. The molecule has 0 aliphatic carbocycles. The largest absolute Gasteiger partial charge is 0.495 e. The van der Waals surface area contributed by atoms with Crippen LogP contribution >= 0.6 is 11.3 Å². The minimum atomic E-state index is -4.40. The van der Waals surface area contributed by atoms with Gasteiger partial charge in [-0.1, -0.05) is 0 Å². The second-order valence-corrected chi connectivity index (χ2v) is 8.80. The van der Waals surface area contributed by atoms with Gasteiger partial charge >= 0.3 is 13.3 Å². The highest BCUT2D eigenvalue weighted by molar-refractivity contribution is 7.13. The normalized spacial score (nSPS) is 25.6. The van der Waals surface area contributed by atoms with E-state index in [1.54, 1.807) is 11.4 Å². The van der Waals surface area contributed by atoms with E-state index in [0.29, 0.717) is 18.3 Å². The van der Waals surface area contributed by atoms with Gasteiger partial charge in [0.1, 0.15) is 6.04 Å². The van der Waals surface area contributed by atoms with Crippen LogP contribution in [0.5, 0.6) is 0 Å². The van der Waals surface area contributed by atoms with Crippen molar-refractivity contribution in [2.45, 2.75) is 70.4 Å². The Labute approximate surface area is 155 Å². The summed E-state index contributed by atoms with van der Waals surface area (Å²) in [6.07, 6.45) is -3.36. The van der Waals surface area contributed by atoms with Crippen LogP contribution in [0.25, 0.3) is 0 Å². The summed E-state index contributed by atoms with van der Waals surface area (Å²) in [5.41, 5.74) is -0.367. The summed E-state index contributed by atoms with van der Waals surface area (Å²) in [6, 6.07) is -0.108. The van der Waals surface area contributed by atoms with Gasteiger partial charge in [0, 0.05) is 6.54 Å². The number of halogens is 3. The maximum atomic E-state index is 13.3. The smallest absolute Gasteiger partial charge is 0.399 e. The summed E-state index contributed by atoms with van der Waals surface area (Å²) < 4.78 is 51.7. The number of rotatable bonds is 2. The molecule has 2 aliphatic rings. The SMILES string of the molecule is CC1(C)OB(c2csc(C(=O)N3CCCCC3C(F)(F)F)c2)OC1(C)C. The molecule has 1 unspecified atom stereocenters. The molecular formula is C17H23BF3NO3S. The first-order valence-corrected chi connectivity index (χ1v) is 9.62. The van der Waals surface area contributed by atoms with E-state index in [1.165, 1.54) is 0 Å². The Balaban J connectivity index is 1.78. The van der Waals surface area contributed by atoms with Gasteiger partial charge in [0.2, 0.25) is 0 Å². The third kappa shape index (κ3) is 3.53. The van der Waals surface area contributed by atoms with Crippen LogP contribution in [0.3, 0.4) is 0 Å². The quantitative estimate of drug-likeness (QED) is 0.726. The summed E-state index contributed by atoms with van der Waals surface area (Å²) in [7, 11) is -0.627. The van der Waals surface area contributed by atoms with Gasteiger partial charge in [0.25, 0.3) is 5.91 Å². The van der Waals surface area contributed by atoms with Crippen LogP contribution in [0.2, 0.25) is 0 Å². The molecule has 1 atom stereocenters. The lowest BCUT2D eigenvalue weighted by atomic mass is 9.81. The molecule has 2 saturated heterocycles. The summed E-state index contributed by atoms with van der Waals surface area (Å²) in [5.74, 6) is -0.570. The first kappa shape index (κ1) is 19.7. The Hall–Kier alpha value is -1.06. The number of hydrogen-bond acceptors (Lipinski definition) is 4. The van der Waals surface area contributed by atoms with E-state index >= 15 is 0 Å². The fourth-order valence-electron chi connectivity index (χ4n) is 3.22. The monoisotopic (exact) mass is 389 g/mol. The Kier molecular flexibility index (Phi) is 4.95. The van der Waals surface area contributed by atoms with Crippen molar-refractivity contribution >= 4 is 29.8 Å². The zero-order valence-electron chi connectivity index (χ0n) is 15.4. The lowest BCUT2D eigenvalue weighted by Crippen LogP contribution is -2.51. The molecule has 1 amide bonds. The highest BCUT2D eigenvalue weighted by Crippen LogP contribution is 2.37. The van der Waals surface area contributed by atoms with Crippen LogP contribution in [0.4, 0.5) is 13.2 Å². The summed E-state index contributed by atoms with van der Waals surface area (Å²) in [4.78, 5) is 13.9. The number of nitrogens with zero attached hydrogens (tertiary/aromatic N) is 1. The van der Waals surface area contributed by atoms with Gasteiger partial charge in [-0.25, -0.2) is 0 Å². The Bertz CT molecular complexity index is 673. The molecular weight excluding hydrogens is 366 g/mol. The third-order valence-electron chi connectivity index (χ3n) is 5.50. The van der Waals surface area contributed by atoms with Crippen LogP contribution < -0.4 is 5.46 Å². The van der Waals surface area contributed by atoms with Crippen LogP contribution in [0.15, 0.2) is 11.4 Å². The zero-order valence-corrected chi connectivity index (χ0v) is 16.2. The van der Waals surface area contributed by atoms with Crippen molar-refractivity contribution in [3.8, 4) is 0 Å². The fourth-order valence-corrected chi connectivity index (χ4v) is 4.09. The number of thiophene rings is 1. The molecule has 0 N–H and O–H groups in total. The standard InChI is InChI=1S/C17H23BF3NO3S/c1-15(2)16(3,4)25-18(24-15)11-9-12(26-10-11)14(23)22-8-6-5-7-13(22)17(19,20)21/h9-10,13H,5-8H2,1-4H3. The van der Waals surface area contributed by atoms with Crippen molar-refractivity contribution in [2.24, 2.45) is 0 Å². The van der Waals surface area contributed by atoms with E-state index < -0.39 is 36.4 Å². The first-order valence-electron chi connectivity index (χ1n) is 8.74. The molecule has 26 heavy (non-hydrogen) atoms. The second kappa shape index (κ2) is 6.53. The Morgan fingerprint density at radius 2 is 1.85 bits per heavy atom. The minimum Gasteiger partial charge on any atom is -0.399 e. The topological polar surface area (TPSA) is 38.8 Å². The van der Waals surface area contributed by atoms with E-state index in [-0.39, 0.29) is 17.8 Å². The predicted octanol–water partition coefficient (Wildman–Crippen LogP) is 3.60. The number of likely N-dealkylation sites (tertiary alicyclic amines) is 1. The molecule has 3 heterocycles. The highest BCUT2D eigenvalue weighted by atomic mass is 32.1. The average Bonchev–Trinajstić information content (AvgIpc) is 3.09. The van der Waals surface area contributed by atoms with Crippen LogP contribution in [0.1, 0.15) is 56.6 Å². The maximum Gasteiger partial charge on any atom is 0.495 e. The van der Waals surface area contributed by atoms with E-state index in [2.05, 4.69) is 0 Å². The van der Waals surface area contributed by atoms with Crippen molar-refractivity contribution in [1.29, 1.82) is 0 Å². The van der Waals surface area contributed by atoms with Gasteiger partial charge in [-0.05, 0) is 63.9 Å². The van der Waals surface area contributed by atoms with Gasteiger partial charge in [0.15, 0.2) is 0 Å². The fraction of sp³-hybridized carbons (Fsp3) is 0.706. The number of carbonyl (C=O) groups is 1. The van der Waals surface area contributed by atoms with E-state index in [1.807, 2.05) is 27.7 Å². The molecule has 9 heteroatoms. The number of alkyl halides is 3. The minimum absolute atomic E-state index is 0.0370. The second-order valence-electron chi connectivity index (χ2n) is 7.88.